The number of hydrogen-bond donors (Lipinski definition) is 2. The van der Waals surface area contributed by atoms with Crippen molar-refractivity contribution >= 4 is 18.2 Å². The van der Waals surface area contributed by atoms with E-state index in [0.29, 0.717) is 17.9 Å². The van der Waals surface area contributed by atoms with Crippen molar-refractivity contribution in [2.45, 2.75) is 91.1 Å². The molecule has 1 rings (SSSR count). The van der Waals surface area contributed by atoms with Crippen LogP contribution in [0.2, 0.25) is 0 Å². The quantitative estimate of drug-likeness (QED) is 0.337. The molecule has 0 aromatic rings. The zero-order valence-electron chi connectivity index (χ0n) is 18.2. The van der Waals surface area contributed by atoms with Crippen LogP contribution in [0.15, 0.2) is 0 Å². The molecule has 1 saturated carbocycles. The lowest BCUT2D eigenvalue weighted by Crippen LogP contribution is -2.57. The highest BCUT2D eigenvalue weighted by molar-refractivity contribution is 5.89. The van der Waals surface area contributed by atoms with Gasteiger partial charge in [0, 0.05) is 13.1 Å². The van der Waals surface area contributed by atoms with Crippen LogP contribution in [0, 0.1) is 11.3 Å². The number of rotatable bonds is 10. The molecule has 2 N–H and O–H groups in total. The fourth-order valence-electron chi connectivity index (χ4n) is 3.79. The van der Waals surface area contributed by atoms with Gasteiger partial charge in [0.2, 0.25) is 18.2 Å². The molecule has 162 valence electrons. The lowest BCUT2D eigenvalue weighted by atomic mass is 9.84. The molecule has 7 nitrogen and oxygen atoms in total. The van der Waals surface area contributed by atoms with Crippen LogP contribution in [-0.2, 0) is 14.4 Å². The molecular weight excluding hydrogens is 358 g/mol. The molecule has 28 heavy (non-hydrogen) atoms. The Hall–Kier alpha value is -1.63. The number of hydroxylamine groups is 2. The van der Waals surface area contributed by atoms with Crippen molar-refractivity contribution in [2.75, 3.05) is 13.6 Å². The maximum Gasteiger partial charge on any atom is 0.245 e. The third-order valence-electron chi connectivity index (χ3n) is 5.68. The lowest BCUT2D eigenvalue weighted by Gasteiger charge is -2.38. The van der Waals surface area contributed by atoms with Crippen molar-refractivity contribution in [1.29, 1.82) is 0 Å². The molecule has 0 radical (unpaired) electrons. The minimum atomic E-state index is -0.653. The largest absolute Gasteiger partial charge is 0.344 e. The smallest absolute Gasteiger partial charge is 0.245 e. The van der Waals surface area contributed by atoms with E-state index in [1.807, 2.05) is 34.7 Å². The Labute approximate surface area is 169 Å². The van der Waals surface area contributed by atoms with E-state index in [9.17, 15) is 19.6 Å². The van der Waals surface area contributed by atoms with E-state index < -0.39 is 17.4 Å². The molecule has 1 aliphatic rings. The Morgan fingerprint density at radius 3 is 2.32 bits per heavy atom. The van der Waals surface area contributed by atoms with E-state index in [0.717, 1.165) is 38.5 Å². The fourth-order valence-corrected chi connectivity index (χ4v) is 3.79. The van der Waals surface area contributed by atoms with Crippen LogP contribution in [0.3, 0.4) is 0 Å². The standard InChI is InChI=1S/C21H39N3O4/c1-6-7-11-16(14-24(28)15-25)19(26)22-18(21(2,3)4)20(27)23(5)17-12-9-8-10-13-17/h15-18,28H,6-14H2,1-5H3,(H,22,26)/t16-,18-/m1/s1. The van der Waals surface area contributed by atoms with E-state index in [1.54, 1.807) is 4.90 Å². The van der Waals surface area contributed by atoms with E-state index in [4.69, 9.17) is 0 Å². The predicted octanol–water partition coefficient (Wildman–Crippen LogP) is 2.96. The molecule has 1 aliphatic carbocycles. The zero-order valence-corrected chi connectivity index (χ0v) is 18.2. The first-order valence-corrected chi connectivity index (χ1v) is 10.6. The maximum absolute atomic E-state index is 13.2. The van der Waals surface area contributed by atoms with Gasteiger partial charge in [0.05, 0.1) is 12.5 Å². The first-order chi connectivity index (χ1) is 13.1. The summed E-state index contributed by atoms with van der Waals surface area (Å²) in [6, 6.07) is -0.429. The normalized spacial score (nSPS) is 17.5. The summed E-state index contributed by atoms with van der Waals surface area (Å²) in [4.78, 5) is 38.7. The summed E-state index contributed by atoms with van der Waals surface area (Å²) in [5.41, 5.74) is -0.450. The second kappa shape index (κ2) is 11.4. The second-order valence-electron chi connectivity index (χ2n) is 9.12. The van der Waals surface area contributed by atoms with Gasteiger partial charge >= 0.3 is 0 Å². The molecule has 7 heteroatoms. The Morgan fingerprint density at radius 1 is 1.21 bits per heavy atom. The Balaban J connectivity index is 2.91. The Bertz CT molecular complexity index is 512. The number of carbonyl (C=O) groups excluding carboxylic acids is 3. The van der Waals surface area contributed by atoms with E-state index in [-0.39, 0.29) is 24.4 Å². The topological polar surface area (TPSA) is 90.0 Å². The van der Waals surface area contributed by atoms with Crippen molar-refractivity contribution < 1.29 is 19.6 Å². The monoisotopic (exact) mass is 397 g/mol. The number of carbonyl (C=O) groups is 3. The molecule has 0 aliphatic heterocycles. The van der Waals surface area contributed by atoms with Crippen molar-refractivity contribution in [3.8, 4) is 0 Å². The van der Waals surface area contributed by atoms with Crippen LogP contribution in [0.1, 0.15) is 79.1 Å². The fraction of sp³-hybridized carbons (Fsp3) is 0.857. The third-order valence-corrected chi connectivity index (χ3v) is 5.68. The molecule has 0 heterocycles. The van der Waals surface area contributed by atoms with E-state index in [1.165, 1.54) is 6.42 Å². The highest BCUT2D eigenvalue weighted by Gasteiger charge is 2.38. The second-order valence-corrected chi connectivity index (χ2v) is 9.12. The van der Waals surface area contributed by atoms with Gasteiger partial charge in [0.15, 0.2) is 0 Å². The summed E-state index contributed by atoms with van der Waals surface area (Å²) in [5, 5.41) is 13.0. The molecule has 0 aromatic heterocycles. The minimum absolute atomic E-state index is 0.0706. The third kappa shape index (κ3) is 7.41. The van der Waals surface area contributed by atoms with Crippen LogP contribution >= 0.6 is 0 Å². The van der Waals surface area contributed by atoms with Gasteiger partial charge in [-0.1, -0.05) is 59.8 Å². The molecule has 0 bridgehead atoms. The van der Waals surface area contributed by atoms with Crippen LogP contribution in [-0.4, -0.2) is 59.1 Å². The highest BCUT2D eigenvalue weighted by atomic mass is 16.5. The van der Waals surface area contributed by atoms with Gasteiger partial charge in [-0.05, 0) is 24.7 Å². The van der Waals surface area contributed by atoms with E-state index >= 15 is 0 Å². The van der Waals surface area contributed by atoms with Gasteiger partial charge in [0.1, 0.15) is 6.04 Å². The Morgan fingerprint density at radius 2 is 1.82 bits per heavy atom. The number of nitrogens with zero attached hydrogens (tertiary/aromatic N) is 2. The molecule has 0 spiro atoms. The first-order valence-electron chi connectivity index (χ1n) is 10.6. The number of hydrogen-bond acceptors (Lipinski definition) is 4. The van der Waals surface area contributed by atoms with Gasteiger partial charge in [0.25, 0.3) is 0 Å². The van der Waals surface area contributed by atoms with Crippen molar-refractivity contribution in [1.82, 2.24) is 15.3 Å². The lowest BCUT2D eigenvalue weighted by molar-refractivity contribution is -0.155. The number of nitrogens with one attached hydrogen (secondary N) is 1. The molecule has 0 aromatic carbocycles. The van der Waals surface area contributed by atoms with Crippen molar-refractivity contribution in [3.05, 3.63) is 0 Å². The van der Waals surface area contributed by atoms with Crippen LogP contribution in [0.25, 0.3) is 0 Å². The molecular formula is C21H39N3O4. The average molecular weight is 398 g/mol. The zero-order chi connectivity index (χ0) is 21.3. The summed E-state index contributed by atoms with van der Waals surface area (Å²) >= 11 is 0. The summed E-state index contributed by atoms with van der Waals surface area (Å²) in [6.07, 6.45) is 8.05. The van der Waals surface area contributed by atoms with Gasteiger partial charge in [-0.15, -0.1) is 0 Å². The SMILES string of the molecule is CCCC[C@H](CN(O)C=O)C(=O)N[C@H](C(=O)N(C)C1CCCCC1)C(C)(C)C. The first kappa shape index (κ1) is 24.4. The number of unbranched alkanes of at least 4 members (excludes halogenated alkanes) is 1. The van der Waals surface area contributed by atoms with Gasteiger partial charge in [-0.3, -0.25) is 19.6 Å². The molecule has 2 atom stereocenters. The maximum atomic E-state index is 13.2. The van der Waals surface area contributed by atoms with Gasteiger partial charge in [-0.2, -0.15) is 0 Å². The van der Waals surface area contributed by atoms with Crippen LogP contribution < -0.4 is 5.32 Å². The summed E-state index contributed by atoms with van der Waals surface area (Å²) in [6.45, 7) is 7.77. The van der Waals surface area contributed by atoms with Crippen LogP contribution in [0.4, 0.5) is 0 Å². The summed E-state index contributed by atoms with van der Waals surface area (Å²) < 4.78 is 0. The molecule has 3 amide bonds. The van der Waals surface area contributed by atoms with E-state index in [2.05, 4.69) is 5.32 Å². The Kier molecular flexibility index (Phi) is 9.93. The highest BCUT2D eigenvalue weighted by Crippen LogP contribution is 2.26. The van der Waals surface area contributed by atoms with Crippen molar-refractivity contribution in [2.24, 2.45) is 11.3 Å². The number of likely N-dealkylation sites (N-methyl/N-ethyl adjacent to an activating group) is 1. The predicted molar refractivity (Wildman–Crippen MR) is 109 cm³/mol. The van der Waals surface area contributed by atoms with Crippen molar-refractivity contribution in [3.63, 3.8) is 0 Å². The summed E-state index contributed by atoms with van der Waals surface area (Å²) in [5.74, 6) is -0.911. The minimum Gasteiger partial charge on any atom is -0.344 e. The summed E-state index contributed by atoms with van der Waals surface area (Å²) in [7, 11) is 1.83. The molecule has 0 unspecified atom stereocenters. The molecule has 1 fully saturated rings. The van der Waals surface area contributed by atoms with Gasteiger partial charge in [-0.25, -0.2) is 5.06 Å². The number of amides is 3. The molecule has 0 saturated heterocycles. The average Bonchev–Trinajstić information content (AvgIpc) is 2.67. The van der Waals surface area contributed by atoms with Gasteiger partial charge < -0.3 is 10.2 Å². The van der Waals surface area contributed by atoms with Crippen LogP contribution in [0.5, 0.6) is 0 Å².